The zero-order valence-electron chi connectivity index (χ0n) is 20.7. The maximum Gasteiger partial charge on any atom is 0.262 e. The van der Waals surface area contributed by atoms with E-state index in [9.17, 15) is 14.4 Å². The average molecular weight is 608 g/mol. The Morgan fingerprint density at radius 3 is 2.27 bits per heavy atom. The molecule has 1 N–H and O–H groups in total. The number of hydrogen-bond acceptors (Lipinski definition) is 4. The maximum absolute atomic E-state index is 14.1. The van der Waals surface area contributed by atoms with E-state index >= 15 is 0 Å². The average Bonchev–Trinajstić information content (AvgIpc) is 3.13. The van der Waals surface area contributed by atoms with Crippen molar-refractivity contribution in [2.75, 3.05) is 7.11 Å². The number of methoxy groups -OCH3 is 1. The number of allylic oxidation sites excluding steroid dienone is 2. The van der Waals surface area contributed by atoms with Crippen molar-refractivity contribution >= 4 is 45.8 Å². The number of ketones is 1. The fourth-order valence-electron chi connectivity index (χ4n) is 5.56. The number of nitrogens with one attached hydrogen (secondary N) is 1. The molecule has 2 aromatic rings. The Balaban J connectivity index is 1.64. The molecule has 1 aliphatic heterocycles. The molecule has 0 aromatic heterocycles. The smallest absolute Gasteiger partial charge is 0.262 e. The summed E-state index contributed by atoms with van der Waals surface area (Å²) in [6, 6.07) is 16.1. The lowest BCUT2D eigenvalue weighted by Crippen LogP contribution is -2.53. The highest BCUT2D eigenvalue weighted by Crippen LogP contribution is 2.51. The topological polar surface area (TPSA) is 75.7 Å². The van der Waals surface area contributed by atoms with Crippen LogP contribution in [-0.2, 0) is 14.4 Å². The van der Waals surface area contributed by atoms with Crippen molar-refractivity contribution in [2.24, 2.45) is 0 Å². The lowest BCUT2D eigenvalue weighted by atomic mass is 9.81. The molecule has 1 unspecified atom stereocenters. The molecule has 0 radical (unpaired) electrons. The Morgan fingerprint density at radius 2 is 1.65 bits per heavy atom. The molecule has 2 aliphatic carbocycles. The van der Waals surface area contributed by atoms with E-state index in [1.165, 1.54) is 18.6 Å². The maximum atomic E-state index is 14.1. The van der Waals surface area contributed by atoms with E-state index in [-0.39, 0.29) is 23.6 Å². The number of nitrogens with zero attached hydrogens (tertiary/aromatic N) is 1. The molecular formula is C30H29IN2O4. The van der Waals surface area contributed by atoms with E-state index in [2.05, 4.69) is 27.9 Å². The van der Waals surface area contributed by atoms with Crippen LogP contribution in [0.2, 0.25) is 0 Å². The number of halogens is 1. The molecule has 190 valence electrons. The standard InChI is InChI=1S/C30H29IN2O4/c1-37-24-14-12-21(13-15-24)27(28(35)32-22-10-6-3-7-11-22)33-29(36)26(31)25(20-8-4-2-5-9-20)30(33)18-16-23(34)17-19-30/h2,4-5,8-9,12-19,22,27H,3,6-7,10-11H2,1H3,(H,32,35). The number of benzene rings is 2. The first-order valence-electron chi connectivity index (χ1n) is 12.6. The number of amides is 2. The summed E-state index contributed by atoms with van der Waals surface area (Å²) in [7, 11) is 1.59. The van der Waals surface area contributed by atoms with Crippen LogP contribution in [0.15, 0.2) is 82.5 Å². The second-order valence-corrected chi connectivity index (χ2v) is 10.7. The largest absolute Gasteiger partial charge is 0.497 e. The highest BCUT2D eigenvalue weighted by molar-refractivity contribution is 14.1. The quantitative estimate of drug-likeness (QED) is 0.452. The van der Waals surface area contributed by atoms with Crippen LogP contribution in [0.25, 0.3) is 5.57 Å². The number of rotatable bonds is 6. The van der Waals surface area contributed by atoms with Crippen molar-refractivity contribution in [2.45, 2.75) is 49.7 Å². The molecule has 0 bridgehead atoms. The van der Waals surface area contributed by atoms with Crippen molar-refractivity contribution in [3.8, 4) is 5.75 Å². The van der Waals surface area contributed by atoms with Gasteiger partial charge < -0.3 is 15.0 Å². The van der Waals surface area contributed by atoms with E-state index < -0.39 is 11.6 Å². The van der Waals surface area contributed by atoms with E-state index in [0.717, 1.165) is 36.8 Å². The third-order valence-electron chi connectivity index (χ3n) is 7.38. The van der Waals surface area contributed by atoms with Gasteiger partial charge in [-0.15, -0.1) is 0 Å². The van der Waals surface area contributed by atoms with Crippen molar-refractivity contribution in [3.63, 3.8) is 0 Å². The predicted octanol–water partition coefficient (Wildman–Crippen LogP) is 5.31. The molecule has 1 saturated carbocycles. The highest BCUT2D eigenvalue weighted by Gasteiger charge is 2.54. The van der Waals surface area contributed by atoms with Crippen LogP contribution < -0.4 is 10.1 Å². The van der Waals surface area contributed by atoms with Gasteiger partial charge in [0.05, 0.1) is 10.7 Å². The minimum absolute atomic E-state index is 0.0790. The van der Waals surface area contributed by atoms with Crippen LogP contribution in [0.1, 0.15) is 49.3 Å². The number of carbonyl (C=O) groups excluding carboxylic acids is 3. The zero-order chi connectivity index (χ0) is 26.0. The third-order valence-corrected chi connectivity index (χ3v) is 8.38. The number of hydrogen-bond donors (Lipinski definition) is 1. The first-order chi connectivity index (χ1) is 17.9. The van der Waals surface area contributed by atoms with Crippen molar-refractivity contribution in [1.82, 2.24) is 10.2 Å². The van der Waals surface area contributed by atoms with Gasteiger partial charge >= 0.3 is 0 Å². The van der Waals surface area contributed by atoms with Gasteiger partial charge in [-0.2, -0.15) is 0 Å². The predicted molar refractivity (Wildman–Crippen MR) is 151 cm³/mol. The molecule has 2 amide bonds. The lowest BCUT2D eigenvalue weighted by molar-refractivity contribution is -0.139. The van der Waals surface area contributed by atoms with Crippen molar-refractivity contribution in [3.05, 3.63) is 93.6 Å². The van der Waals surface area contributed by atoms with Gasteiger partial charge in [-0.05, 0) is 83.0 Å². The van der Waals surface area contributed by atoms with E-state index in [1.807, 2.05) is 42.5 Å². The van der Waals surface area contributed by atoms with Gasteiger partial charge in [-0.3, -0.25) is 14.4 Å². The Labute approximate surface area is 230 Å². The fourth-order valence-corrected chi connectivity index (χ4v) is 6.56. The number of carbonyl (C=O) groups is 3. The Bertz CT molecular complexity index is 1270. The molecule has 1 spiro atoms. The zero-order valence-corrected chi connectivity index (χ0v) is 22.8. The lowest BCUT2D eigenvalue weighted by Gasteiger charge is -2.42. The molecular weight excluding hydrogens is 579 g/mol. The monoisotopic (exact) mass is 608 g/mol. The minimum Gasteiger partial charge on any atom is -0.497 e. The Morgan fingerprint density at radius 1 is 1.00 bits per heavy atom. The van der Waals surface area contributed by atoms with Crippen LogP contribution in [-0.4, -0.2) is 41.2 Å². The fraction of sp³-hybridized carbons (Fsp3) is 0.300. The van der Waals surface area contributed by atoms with Gasteiger partial charge in [0.25, 0.3) is 5.91 Å². The summed E-state index contributed by atoms with van der Waals surface area (Å²) in [5.74, 6) is 0.0445. The van der Waals surface area contributed by atoms with E-state index in [1.54, 1.807) is 36.3 Å². The van der Waals surface area contributed by atoms with Gasteiger partial charge in [-0.1, -0.05) is 61.7 Å². The van der Waals surface area contributed by atoms with Gasteiger partial charge in [0.2, 0.25) is 5.91 Å². The number of ether oxygens (including phenoxy) is 1. The Hall–Kier alpha value is -3.20. The Kier molecular flexibility index (Phi) is 7.33. The van der Waals surface area contributed by atoms with Crippen LogP contribution in [0.3, 0.4) is 0 Å². The highest BCUT2D eigenvalue weighted by atomic mass is 127. The summed E-state index contributed by atoms with van der Waals surface area (Å²) in [6.07, 6.45) is 11.7. The van der Waals surface area contributed by atoms with Gasteiger partial charge in [0.15, 0.2) is 5.78 Å². The molecule has 6 nitrogen and oxygen atoms in total. The molecule has 3 aliphatic rings. The van der Waals surface area contributed by atoms with Gasteiger partial charge in [0.1, 0.15) is 17.3 Å². The summed E-state index contributed by atoms with van der Waals surface area (Å²) in [5, 5.41) is 3.24. The first kappa shape index (κ1) is 25.4. The molecule has 2 aromatic carbocycles. The third kappa shape index (κ3) is 4.77. The normalized spacial score (nSPS) is 20.0. The molecule has 5 rings (SSSR count). The van der Waals surface area contributed by atoms with Crippen LogP contribution in [0, 0.1) is 0 Å². The summed E-state index contributed by atoms with van der Waals surface area (Å²) < 4.78 is 5.87. The SMILES string of the molecule is COc1ccc(C(C(=O)NC2CCCCC2)N2C(=O)C(I)=C(c3ccccc3)C23C=CC(=O)C=C3)cc1. The molecule has 0 saturated heterocycles. The molecule has 1 atom stereocenters. The van der Waals surface area contributed by atoms with Gasteiger partial charge in [0, 0.05) is 11.6 Å². The van der Waals surface area contributed by atoms with Crippen molar-refractivity contribution < 1.29 is 19.1 Å². The molecule has 7 heteroatoms. The molecule has 1 heterocycles. The summed E-state index contributed by atoms with van der Waals surface area (Å²) >= 11 is 2.08. The second-order valence-electron chi connectivity index (χ2n) is 9.64. The van der Waals surface area contributed by atoms with E-state index in [4.69, 9.17) is 4.74 Å². The minimum atomic E-state index is -1.09. The second kappa shape index (κ2) is 10.7. The van der Waals surface area contributed by atoms with Crippen LogP contribution >= 0.6 is 22.6 Å². The van der Waals surface area contributed by atoms with Crippen molar-refractivity contribution in [1.29, 1.82) is 0 Å². The molecule has 1 fully saturated rings. The van der Waals surface area contributed by atoms with Crippen LogP contribution in [0.4, 0.5) is 0 Å². The van der Waals surface area contributed by atoms with Crippen LogP contribution in [0.5, 0.6) is 5.75 Å². The summed E-state index contributed by atoms with van der Waals surface area (Å²) in [6.45, 7) is 0. The first-order valence-corrected chi connectivity index (χ1v) is 13.7. The van der Waals surface area contributed by atoms with Gasteiger partial charge in [-0.25, -0.2) is 0 Å². The summed E-state index contributed by atoms with van der Waals surface area (Å²) in [5.41, 5.74) is 1.23. The van der Waals surface area contributed by atoms with E-state index in [0.29, 0.717) is 14.9 Å². The summed E-state index contributed by atoms with van der Waals surface area (Å²) in [4.78, 5) is 42.0. The molecule has 37 heavy (non-hydrogen) atoms.